The van der Waals surface area contributed by atoms with Crippen LogP contribution in [-0.4, -0.2) is 48.2 Å². The lowest BCUT2D eigenvalue weighted by atomic mass is 9.75. The van der Waals surface area contributed by atoms with Crippen LogP contribution in [0.15, 0.2) is 12.3 Å². The molecule has 1 aromatic rings. The Morgan fingerprint density at radius 1 is 1.59 bits per heavy atom. The van der Waals surface area contributed by atoms with Crippen LogP contribution < -0.4 is 10.6 Å². The van der Waals surface area contributed by atoms with Crippen molar-refractivity contribution in [3.05, 3.63) is 12.3 Å². The third-order valence-electron chi connectivity index (χ3n) is 4.26. The number of aromatic nitrogens is 2. The average molecular weight is 318 g/mol. The molecule has 9 heteroatoms. The SMILES string of the molecule is O=C(Nc1ccn(CC(F)(F)F)n1)[C@]12CNC[C@H]1CCOC2. The maximum Gasteiger partial charge on any atom is 0.408 e. The van der Waals surface area contributed by atoms with Gasteiger partial charge in [-0.3, -0.25) is 9.48 Å². The van der Waals surface area contributed by atoms with Crippen LogP contribution in [0.25, 0.3) is 0 Å². The third kappa shape index (κ3) is 2.95. The van der Waals surface area contributed by atoms with E-state index in [1.165, 1.54) is 12.3 Å². The molecule has 2 saturated heterocycles. The van der Waals surface area contributed by atoms with Crippen LogP contribution >= 0.6 is 0 Å². The molecule has 0 aliphatic carbocycles. The molecule has 3 rings (SSSR count). The minimum atomic E-state index is -4.34. The summed E-state index contributed by atoms with van der Waals surface area (Å²) in [5.41, 5.74) is -0.661. The summed E-state index contributed by atoms with van der Waals surface area (Å²) in [5, 5.41) is 9.56. The van der Waals surface area contributed by atoms with Gasteiger partial charge in [-0.15, -0.1) is 0 Å². The zero-order chi connectivity index (χ0) is 15.8. The number of amides is 1. The van der Waals surface area contributed by atoms with Gasteiger partial charge in [-0.1, -0.05) is 0 Å². The van der Waals surface area contributed by atoms with Crippen molar-refractivity contribution < 1.29 is 22.7 Å². The van der Waals surface area contributed by atoms with Gasteiger partial charge in [-0.25, -0.2) is 0 Å². The summed E-state index contributed by atoms with van der Waals surface area (Å²) in [6, 6.07) is 1.36. The first kappa shape index (κ1) is 15.3. The molecule has 0 saturated carbocycles. The van der Waals surface area contributed by atoms with Crippen molar-refractivity contribution >= 4 is 11.7 Å². The fraction of sp³-hybridized carbons (Fsp3) is 0.692. The first-order valence-electron chi connectivity index (χ1n) is 7.09. The number of nitrogens with one attached hydrogen (secondary N) is 2. The van der Waals surface area contributed by atoms with E-state index in [-0.39, 0.29) is 17.6 Å². The lowest BCUT2D eigenvalue weighted by Gasteiger charge is -2.36. The zero-order valence-corrected chi connectivity index (χ0v) is 11.8. The van der Waals surface area contributed by atoms with Crippen LogP contribution in [0.5, 0.6) is 0 Å². The number of alkyl halides is 3. The number of anilines is 1. The Labute approximate surface area is 125 Å². The Hall–Kier alpha value is -1.61. The van der Waals surface area contributed by atoms with Crippen LogP contribution in [0.3, 0.4) is 0 Å². The molecule has 0 radical (unpaired) electrons. The van der Waals surface area contributed by atoms with E-state index in [4.69, 9.17) is 4.74 Å². The minimum absolute atomic E-state index is 0.125. The average Bonchev–Trinajstić information content (AvgIpc) is 3.04. The molecule has 3 heterocycles. The molecule has 2 atom stereocenters. The van der Waals surface area contributed by atoms with Crippen molar-refractivity contribution in [1.29, 1.82) is 0 Å². The van der Waals surface area contributed by atoms with E-state index in [0.717, 1.165) is 17.6 Å². The summed E-state index contributed by atoms with van der Waals surface area (Å²) < 4.78 is 43.1. The molecule has 0 bridgehead atoms. The summed E-state index contributed by atoms with van der Waals surface area (Å²) in [4.78, 5) is 12.6. The fourth-order valence-corrected chi connectivity index (χ4v) is 3.11. The lowest BCUT2D eigenvalue weighted by Crippen LogP contribution is -2.49. The number of hydrogen-bond donors (Lipinski definition) is 2. The van der Waals surface area contributed by atoms with Crippen molar-refractivity contribution in [2.75, 3.05) is 31.6 Å². The van der Waals surface area contributed by atoms with Gasteiger partial charge < -0.3 is 15.4 Å². The lowest BCUT2D eigenvalue weighted by molar-refractivity contribution is -0.142. The number of carbonyl (C=O) groups is 1. The molecule has 0 spiro atoms. The second-order valence-corrected chi connectivity index (χ2v) is 5.79. The second-order valence-electron chi connectivity index (χ2n) is 5.79. The van der Waals surface area contributed by atoms with Crippen LogP contribution in [0.1, 0.15) is 6.42 Å². The van der Waals surface area contributed by atoms with Gasteiger partial charge in [0, 0.05) is 25.4 Å². The number of halogens is 3. The molecular weight excluding hydrogens is 301 g/mol. The Balaban J connectivity index is 1.69. The number of ether oxygens (including phenoxy) is 1. The summed E-state index contributed by atoms with van der Waals surface area (Å²) in [7, 11) is 0. The molecule has 2 fully saturated rings. The molecule has 0 unspecified atom stereocenters. The van der Waals surface area contributed by atoms with E-state index < -0.39 is 18.1 Å². The molecule has 2 aliphatic rings. The summed E-state index contributed by atoms with van der Waals surface area (Å²) in [5.74, 6) is 0.0535. The molecular formula is C13H17F3N4O2. The van der Waals surface area contributed by atoms with Crippen LogP contribution in [0.2, 0.25) is 0 Å². The van der Waals surface area contributed by atoms with Crippen LogP contribution in [-0.2, 0) is 16.1 Å². The van der Waals surface area contributed by atoms with E-state index in [1.807, 2.05) is 0 Å². The highest BCUT2D eigenvalue weighted by atomic mass is 19.4. The smallest absolute Gasteiger partial charge is 0.380 e. The predicted octanol–water partition coefficient (Wildman–Crippen LogP) is 1.01. The first-order valence-corrected chi connectivity index (χ1v) is 7.09. The Kier molecular flexibility index (Phi) is 3.85. The van der Waals surface area contributed by atoms with Crippen LogP contribution in [0, 0.1) is 11.3 Å². The van der Waals surface area contributed by atoms with E-state index >= 15 is 0 Å². The molecule has 6 nitrogen and oxygen atoms in total. The molecule has 2 N–H and O–H groups in total. The zero-order valence-electron chi connectivity index (χ0n) is 11.8. The van der Waals surface area contributed by atoms with E-state index in [0.29, 0.717) is 19.8 Å². The highest BCUT2D eigenvalue weighted by Gasteiger charge is 2.51. The van der Waals surface area contributed by atoms with Crippen LogP contribution in [0.4, 0.5) is 19.0 Å². The Morgan fingerprint density at radius 3 is 3.18 bits per heavy atom. The van der Waals surface area contributed by atoms with E-state index in [9.17, 15) is 18.0 Å². The van der Waals surface area contributed by atoms with Gasteiger partial charge >= 0.3 is 6.18 Å². The standard InChI is InChI=1S/C13H17F3N4O2/c14-13(15,16)7-20-3-1-10(19-20)18-11(21)12-6-17-5-9(12)2-4-22-8-12/h1,3,9,17H,2,4-8H2,(H,18,19,21)/t9-,12+/m1/s1. The van der Waals surface area contributed by atoms with Gasteiger partial charge in [-0.2, -0.15) is 18.3 Å². The fourth-order valence-electron chi connectivity index (χ4n) is 3.11. The van der Waals surface area contributed by atoms with Crippen molar-refractivity contribution in [1.82, 2.24) is 15.1 Å². The Bertz CT molecular complexity index is 560. The summed E-state index contributed by atoms with van der Waals surface area (Å²) >= 11 is 0. The van der Waals surface area contributed by atoms with Crippen molar-refractivity contribution in [3.8, 4) is 0 Å². The highest BCUT2D eigenvalue weighted by molar-refractivity contribution is 5.95. The molecule has 22 heavy (non-hydrogen) atoms. The topological polar surface area (TPSA) is 68.2 Å². The Morgan fingerprint density at radius 2 is 2.41 bits per heavy atom. The van der Waals surface area contributed by atoms with Gasteiger partial charge in [-0.05, 0) is 18.9 Å². The molecule has 1 aromatic heterocycles. The molecule has 122 valence electrons. The number of fused-ring (bicyclic) bond motifs is 1. The van der Waals surface area contributed by atoms with Gasteiger partial charge in [0.25, 0.3) is 0 Å². The highest BCUT2D eigenvalue weighted by Crippen LogP contribution is 2.38. The monoisotopic (exact) mass is 318 g/mol. The molecule has 0 aromatic carbocycles. The minimum Gasteiger partial charge on any atom is -0.380 e. The van der Waals surface area contributed by atoms with Gasteiger partial charge in [0.15, 0.2) is 5.82 Å². The number of carbonyl (C=O) groups excluding carboxylic acids is 1. The van der Waals surface area contributed by atoms with Crippen molar-refractivity contribution in [2.45, 2.75) is 19.1 Å². The first-order chi connectivity index (χ1) is 10.4. The number of nitrogens with zero attached hydrogens (tertiary/aromatic N) is 2. The van der Waals surface area contributed by atoms with Crippen molar-refractivity contribution in [3.63, 3.8) is 0 Å². The maximum absolute atomic E-state index is 12.6. The number of rotatable bonds is 3. The molecule has 2 aliphatic heterocycles. The molecule has 1 amide bonds. The second kappa shape index (κ2) is 5.54. The third-order valence-corrected chi connectivity index (χ3v) is 4.26. The maximum atomic E-state index is 12.6. The largest absolute Gasteiger partial charge is 0.408 e. The van der Waals surface area contributed by atoms with E-state index in [1.54, 1.807) is 0 Å². The normalized spacial score (nSPS) is 28.4. The summed E-state index contributed by atoms with van der Waals surface area (Å²) in [6.45, 7) is 1.02. The predicted molar refractivity (Wildman–Crippen MR) is 71.1 cm³/mol. The van der Waals surface area contributed by atoms with Gasteiger partial charge in [0.2, 0.25) is 5.91 Å². The van der Waals surface area contributed by atoms with E-state index in [2.05, 4.69) is 15.7 Å². The van der Waals surface area contributed by atoms with Gasteiger partial charge in [0.05, 0.1) is 12.0 Å². The van der Waals surface area contributed by atoms with Gasteiger partial charge in [0.1, 0.15) is 6.54 Å². The quantitative estimate of drug-likeness (QED) is 0.873. The van der Waals surface area contributed by atoms with Crippen molar-refractivity contribution in [2.24, 2.45) is 11.3 Å². The summed E-state index contributed by atoms with van der Waals surface area (Å²) in [6.07, 6.45) is -2.35. The number of hydrogen-bond acceptors (Lipinski definition) is 4.